The minimum Gasteiger partial charge on any atom is -0.465 e. The summed E-state index contributed by atoms with van der Waals surface area (Å²) >= 11 is 5.52. The highest BCUT2D eigenvalue weighted by atomic mass is 32.1. The summed E-state index contributed by atoms with van der Waals surface area (Å²) in [5.41, 5.74) is 2.20. The smallest absolute Gasteiger partial charge is 0.337 e. The quantitative estimate of drug-likeness (QED) is 0.645. The number of hydrogen-bond acceptors (Lipinski definition) is 4. The topological polar surface area (TPSA) is 63.2 Å². The van der Waals surface area contributed by atoms with Crippen LogP contribution in [0.5, 0.6) is 0 Å². The average Bonchev–Trinajstić information content (AvgIpc) is 3.11. The molecule has 0 bridgehead atoms. The molecule has 6 heteroatoms. The van der Waals surface area contributed by atoms with Crippen LogP contribution < -0.4 is 10.6 Å². The largest absolute Gasteiger partial charge is 0.465 e. The second kappa shape index (κ2) is 7.61. The van der Waals surface area contributed by atoms with E-state index in [1.54, 1.807) is 24.4 Å². The van der Waals surface area contributed by atoms with Gasteiger partial charge in [0.25, 0.3) is 0 Å². The Balaban J connectivity index is 1.74. The van der Waals surface area contributed by atoms with E-state index in [1.807, 2.05) is 18.3 Å². The molecule has 1 aromatic heterocycles. The zero-order valence-corrected chi connectivity index (χ0v) is 14.9. The molecule has 2 N–H and O–H groups in total. The van der Waals surface area contributed by atoms with Gasteiger partial charge in [0.15, 0.2) is 5.11 Å². The van der Waals surface area contributed by atoms with Crippen molar-refractivity contribution >= 4 is 29.0 Å². The van der Waals surface area contributed by atoms with E-state index in [9.17, 15) is 4.79 Å². The molecule has 1 aliphatic carbocycles. The van der Waals surface area contributed by atoms with Gasteiger partial charge in [0.2, 0.25) is 0 Å². The molecule has 0 atom stereocenters. The molecule has 1 saturated carbocycles. The number of hydrogen-bond donors (Lipinski definition) is 2. The maximum Gasteiger partial charge on any atom is 0.337 e. The normalized spacial score (nSPS) is 15.4. The number of nitrogens with one attached hydrogen (secondary N) is 2. The van der Waals surface area contributed by atoms with Crippen molar-refractivity contribution in [3.05, 3.63) is 59.9 Å². The van der Waals surface area contributed by atoms with Crippen molar-refractivity contribution in [1.29, 1.82) is 0 Å². The van der Waals surface area contributed by atoms with Gasteiger partial charge in [-0.15, -0.1) is 0 Å². The summed E-state index contributed by atoms with van der Waals surface area (Å²) in [6.45, 7) is 0. The van der Waals surface area contributed by atoms with Gasteiger partial charge < -0.3 is 15.4 Å². The van der Waals surface area contributed by atoms with E-state index in [0.29, 0.717) is 10.7 Å². The maximum atomic E-state index is 11.7. The van der Waals surface area contributed by atoms with Crippen molar-refractivity contribution < 1.29 is 9.53 Å². The third kappa shape index (κ3) is 3.96. The van der Waals surface area contributed by atoms with Crippen LogP contribution in [0.15, 0.2) is 48.8 Å². The lowest BCUT2D eigenvalue weighted by Gasteiger charge is -2.32. The van der Waals surface area contributed by atoms with Crippen molar-refractivity contribution in [1.82, 2.24) is 10.3 Å². The Morgan fingerprint density at radius 1 is 1.24 bits per heavy atom. The van der Waals surface area contributed by atoms with Crippen LogP contribution >= 0.6 is 12.2 Å². The first kappa shape index (κ1) is 17.4. The molecule has 1 heterocycles. The van der Waals surface area contributed by atoms with Crippen LogP contribution in [0.1, 0.15) is 41.6 Å². The van der Waals surface area contributed by atoms with E-state index in [0.717, 1.165) is 36.9 Å². The van der Waals surface area contributed by atoms with Crippen LogP contribution in [0.25, 0.3) is 0 Å². The van der Waals surface area contributed by atoms with Crippen LogP contribution in [-0.4, -0.2) is 23.2 Å². The van der Waals surface area contributed by atoms with Gasteiger partial charge in [0.05, 0.1) is 18.2 Å². The van der Waals surface area contributed by atoms with Crippen LogP contribution in [0.2, 0.25) is 0 Å². The number of carbonyl (C=O) groups excluding carboxylic acids is 1. The molecule has 0 saturated heterocycles. The molecular formula is C19H21N3O2S. The minimum absolute atomic E-state index is 0.182. The number of methoxy groups -OCH3 is 1. The number of rotatable bonds is 4. The number of aromatic nitrogens is 1. The number of thiocarbonyl (C=S) groups is 1. The van der Waals surface area contributed by atoms with Crippen molar-refractivity contribution in [3.63, 3.8) is 0 Å². The molecule has 0 amide bonds. The molecule has 5 nitrogen and oxygen atoms in total. The number of pyridine rings is 1. The van der Waals surface area contributed by atoms with E-state index < -0.39 is 0 Å². The molecule has 0 radical (unpaired) electrons. The Bertz CT molecular complexity index is 758. The van der Waals surface area contributed by atoms with E-state index in [4.69, 9.17) is 17.0 Å². The predicted octanol–water partition coefficient (Wildman–Crippen LogP) is 3.62. The predicted molar refractivity (Wildman–Crippen MR) is 102 cm³/mol. The van der Waals surface area contributed by atoms with E-state index >= 15 is 0 Å². The summed E-state index contributed by atoms with van der Waals surface area (Å²) in [6.07, 6.45) is 8.02. The highest BCUT2D eigenvalue weighted by Crippen LogP contribution is 2.38. The van der Waals surface area contributed by atoms with Crippen molar-refractivity contribution in [2.24, 2.45) is 0 Å². The fourth-order valence-electron chi connectivity index (χ4n) is 3.33. The molecule has 130 valence electrons. The first-order valence-electron chi connectivity index (χ1n) is 8.31. The molecule has 2 aromatic rings. The third-order valence-corrected chi connectivity index (χ3v) is 4.77. The van der Waals surface area contributed by atoms with Crippen molar-refractivity contribution in [2.45, 2.75) is 31.2 Å². The number of benzene rings is 1. The molecule has 1 fully saturated rings. The number of nitrogens with zero attached hydrogens (tertiary/aromatic N) is 1. The summed E-state index contributed by atoms with van der Waals surface area (Å²) in [4.78, 5) is 15.9. The Morgan fingerprint density at radius 3 is 2.72 bits per heavy atom. The SMILES string of the molecule is COC(=O)c1cccc(NC(=S)NC2(c3cccnc3)CCCC2)c1. The fourth-order valence-corrected chi connectivity index (χ4v) is 3.64. The Hall–Kier alpha value is -2.47. The van der Waals surface area contributed by atoms with E-state index in [-0.39, 0.29) is 11.5 Å². The molecule has 0 aliphatic heterocycles. The zero-order chi connectivity index (χ0) is 17.7. The van der Waals surface area contributed by atoms with Gasteiger partial charge >= 0.3 is 5.97 Å². The highest BCUT2D eigenvalue weighted by molar-refractivity contribution is 7.80. The maximum absolute atomic E-state index is 11.7. The molecule has 1 aliphatic rings. The number of ether oxygens (including phenoxy) is 1. The van der Waals surface area contributed by atoms with Crippen LogP contribution in [0.3, 0.4) is 0 Å². The number of carbonyl (C=O) groups is 1. The van der Waals surface area contributed by atoms with Gasteiger partial charge in [0.1, 0.15) is 0 Å². The van der Waals surface area contributed by atoms with Crippen molar-refractivity contribution in [3.8, 4) is 0 Å². The summed E-state index contributed by atoms with van der Waals surface area (Å²) in [7, 11) is 1.37. The Kier molecular flexibility index (Phi) is 5.28. The van der Waals surface area contributed by atoms with Crippen LogP contribution in [0, 0.1) is 0 Å². The van der Waals surface area contributed by atoms with Gasteiger partial charge in [-0.25, -0.2) is 4.79 Å². The van der Waals surface area contributed by atoms with Gasteiger partial charge in [-0.2, -0.15) is 0 Å². The molecule has 25 heavy (non-hydrogen) atoms. The summed E-state index contributed by atoms with van der Waals surface area (Å²) < 4.78 is 4.76. The molecular weight excluding hydrogens is 334 g/mol. The first-order valence-corrected chi connectivity index (χ1v) is 8.72. The second-order valence-electron chi connectivity index (χ2n) is 6.18. The average molecular weight is 355 g/mol. The number of anilines is 1. The standard InChI is InChI=1S/C19H21N3O2S/c1-24-17(23)14-6-4-8-16(12-14)21-18(25)22-19(9-2-3-10-19)15-7-5-11-20-13-15/h4-8,11-13H,2-3,9-10H2,1H3,(H2,21,22,25). The minimum atomic E-state index is -0.370. The van der Waals surface area contributed by atoms with Crippen molar-refractivity contribution in [2.75, 3.05) is 12.4 Å². The lowest BCUT2D eigenvalue weighted by atomic mass is 9.89. The van der Waals surface area contributed by atoms with Gasteiger partial charge in [0, 0.05) is 18.1 Å². The van der Waals surface area contributed by atoms with E-state index in [2.05, 4.69) is 21.7 Å². The summed E-state index contributed by atoms with van der Waals surface area (Å²) in [5, 5.41) is 7.19. The van der Waals surface area contributed by atoms with E-state index in [1.165, 1.54) is 7.11 Å². The molecule has 0 spiro atoms. The highest BCUT2D eigenvalue weighted by Gasteiger charge is 2.36. The van der Waals surface area contributed by atoms with Gasteiger partial charge in [-0.1, -0.05) is 25.0 Å². The zero-order valence-electron chi connectivity index (χ0n) is 14.1. The Labute approximate surface area is 152 Å². The molecule has 1 aromatic carbocycles. The van der Waals surface area contributed by atoms with Gasteiger partial charge in [-0.05, 0) is 54.9 Å². The lowest BCUT2D eigenvalue weighted by Crippen LogP contribution is -2.45. The molecule has 0 unspecified atom stereocenters. The second-order valence-corrected chi connectivity index (χ2v) is 6.59. The molecule has 3 rings (SSSR count). The van der Waals surface area contributed by atoms with Gasteiger partial charge in [-0.3, -0.25) is 4.98 Å². The monoisotopic (exact) mass is 355 g/mol. The van der Waals surface area contributed by atoms with Crippen LogP contribution in [0.4, 0.5) is 5.69 Å². The number of esters is 1. The summed E-state index contributed by atoms with van der Waals surface area (Å²) in [6, 6.07) is 11.1. The first-order chi connectivity index (χ1) is 12.1. The lowest BCUT2D eigenvalue weighted by molar-refractivity contribution is 0.0601. The van der Waals surface area contributed by atoms with Crippen LogP contribution in [-0.2, 0) is 10.3 Å². The third-order valence-electron chi connectivity index (χ3n) is 4.57. The summed E-state index contributed by atoms with van der Waals surface area (Å²) in [5.74, 6) is -0.370. The Morgan fingerprint density at radius 2 is 2.04 bits per heavy atom. The fraction of sp³-hybridized carbons (Fsp3) is 0.316.